The molecule has 9 heteroatoms. The van der Waals surface area contributed by atoms with Gasteiger partial charge < -0.3 is 4.90 Å². The third-order valence-corrected chi connectivity index (χ3v) is 5.28. The van der Waals surface area contributed by atoms with Gasteiger partial charge in [0, 0.05) is 19.5 Å². The van der Waals surface area contributed by atoms with Crippen LogP contribution in [0, 0.1) is 0 Å². The first-order chi connectivity index (χ1) is 10.6. The van der Waals surface area contributed by atoms with E-state index in [1.165, 1.54) is 12.1 Å². The van der Waals surface area contributed by atoms with Gasteiger partial charge in [-0.3, -0.25) is 4.79 Å². The molecule has 1 heterocycles. The second-order valence-corrected chi connectivity index (χ2v) is 7.15. The van der Waals surface area contributed by atoms with E-state index in [1.807, 2.05) is 0 Å². The lowest BCUT2D eigenvalue weighted by Crippen LogP contribution is -2.57. The molecule has 1 N–H and O–H groups in total. The van der Waals surface area contributed by atoms with Crippen molar-refractivity contribution in [3.8, 4) is 0 Å². The summed E-state index contributed by atoms with van der Waals surface area (Å²) in [5.41, 5.74) is 0. The number of halogens is 3. The Kier molecular flexibility index (Phi) is 5.00. The molecule has 23 heavy (non-hydrogen) atoms. The zero-order chi connectivity index (χ0) is 17.3. The number of carbonyl (C=O) groups excluding carboxylic acids is 1. The van der Waals surface area contributed by atoms with Crippen LogP contribution in [0.25, 0.3) is 0 Å². The Morgan fingerprint density at radius 2 is 1.83 bits per heavy atom. The summed E-state index contributed by atoms with van der Waals surface area (Å²) in [4.78, 5) is 12.2. The quantitative estimate of drug-likeness (QED) is 0.906. The van der Waals surface area contributed by atoms with Crippen molar-refractivity contribution in [2.45, 2.75) is 42.9 Å². The third-order valence-electron chi connectivity index (χ3n) is 3.74. The molecule has 1 fully saturated rings. The van der Waals surface area contributed by atoms with Gasteiger partial charge in [0.15, 0.2) is 0 Å². The van der Waals surface area contributed by atoms with Crippen molar-refractivity contribution in [3.05, 3.63) is 30.3 Å². The number of likely N-dealkylation sites (tertiary alicyclic amines) is 1. The molecule has 1 aliphatic heterocycles. The maximum absolute atomic E-state index is 12.9. The minimum atomic E-state index is -4.52. The number of nitrogens with one attached hydrogen (secondary N) is 1. The highest BCUT2D eigenvalue weighted by Gasteiger charge is 2.47. The molecule has 5 nitrogen and oxygen atoms in total. The Bertz CT molecular complexity index is 662. The van der Waals surface area contributed by atoms with Gasteiger partial charge >= 0.3 is 6.18 Å². The number of nitrogens with zero attached hydrogens (tertiary/aromatic N) is 1. The number of hydrogen-bond acceptors (Lipinski definition) is 3. The van der Waals surface area contributed by atoms with E-state index in [-0.39, 0.29) is 24.3 Å². The molecule has 1 aliphatic rings. The van der Waals surface area contributed by atoms with Crippen LogP contribution >= 0.6 is 0 Å². The number of alkyl halides is 3. The van der Waals surface area contributed by atoms with Crippen molar-refractivity contribution >= 4 is 15.9 Å². The molecule has 0 radical (unpaired) electrons. The van der Waals surface area contributed by atoms with Gasteiger partial charge in [0.25, 0.3) is 0 Å². The predicted octanol–water partition coefficient (Wildman–Crippen LogP) is 1.91. The first-order valence-electron chi connectivity index (χ1n) is 7.02. The molecular weight excluding hydrogens is 333 g/mol. The standard InChI is InChI=1S/C14H17F3N2O3S/c1-10(20)19-9-11(7-8-13(19)14(15,16)17)18-23(21,22)12-5-3-2-4-6-12/h2-6,11,13,18H,7-9H2,1H3/t11-,13-/m0/s1. The number of rotatable bonds is 3. The fourth-order valence-corrected chi connectivity index (χ4v) is 3.93. The lowest BCUT2D eigenvalue weighted by Gasteiger charge is -2.39. The zero-order valence-corrected chi connectivity index (χ0v) is 13.2. The van der Waals surface area contributed by atoms with Gasteiger partial charge in [0.1, 0.15) is 6.04 Å². The molecule has 0 unspecified atom stereocenters. The lowest BCUT2D eigenvalue weighted by molar-refractivity contribution is -0.196. The summed E-state index contributed by atoms with van der Waals surface area (Å²) in [6.07, 6.45) is -4.83. The number of carbonyl (C=O) groups is 1. The van der Waals surface area contributed by atoms with Crippen LogP contribution in [-0.2, 0) is 14.8 Å². The second kappa shape index (κ2) is 6.48. The Hall–Kier alpha value is -1.61. The highest BCUT2D eigenvalue weighted by Crippen LogP contribution is 2.32. The molecule has 0 bridgehead atoms. The van der Waals surface area contributed by atoms with Gasteiger partial charge in [-0.2, -0.15) is 13.2 Å². The van der Waals surface area contributed by atoms with E-state index in [9.17, 15) is 26.4 Å². The molecule has 2 atom stereocenters. The van der Waals surface area contributed by atoms with E-state index < -0.39 is 34.2 Å². The highest BCUT2D eigenvalue weighted by molar-refractivity contribution is 7.89. The normalized spacial score (nSPS) is 22.9. The Morgan fingerprint density at radius 1 is 1.22 bits per heavy atom. The fraction of sp³-hybridized carbons (Fsp3) is 0.500. The van der Waals surface area contributed by atoms with Crippen molar-refractivity contribution in [1.29, 1.82) is 0 Å². The van der Waals surface area contributed by atoms with Gasteiger partial charge in [0.05, 0.1) is 4.90 Å². The van der Waals surface area contributed by atoms with Crippen LogP contribution in [-0.4, -0.2) is 44.0 Å². The zero-order valence-electron chi connectivity index (χ0n) is 12.4. The van der Waals surface area contributed by atoms with Gasteiger partial charge in [-0.1, -0.05) is 18.2 Å². The van der Waals surface area contributed by atoms with Crippen molar-refractivity contribution in [2.24, 2.45) is 0 Å². The van der Waals surface area contributed by atoms with E-state index >= 15 is 0 Å². The first kappa shape index (κ1) is 17.7. The maximum atomic E-state index is 12.9. The van der Waals surface area contributed by atoms with Gasteiger partial charge in [0.2, 0.25) is 15.9 Å². The number of piperidine rings is 1. The van der Waals surface area contributed by atoms with Crippen molar-refractivity contribution < 1.29 is 26.4 Å². The second-order valence-electron chi connectivity index (χ2n) is 5.44. The van der Waals surface area contributed by atoms with Crippen molar-refractivity contribution in [3.63, 3.8) is 0 Å². The predicted molar refractivity (Wildman–Crippen MR) is 77.0 cm³/mol. The summed E-state index contributed by atoms with van der Waals surface area (Å²) in [7, 11) is -3.83. The largest absolute Gasteiger partial charge is 0.408 e. The molecule has 1 saturated heterocycles. The van der Waals surface area contributed by atoms with E-state index in [0.29, 0.717) is 4.90 Å². The van der Waals surface area contributed by atoms with Crippen LogP contribution in [0.4, 0.5) is 13.2 Å². The average molecular weight is 350 g/mol. The van der Waals surface area contributed by atoms with E-state index in [0.717, 1.165) is 6.92 Å². The summed E-state index contributed by atoms with van der Waals surface area (Å²) in [5.74, 6) is -0.726. The first-order valence-corrected chi connectivity index (χ1v) is 8.51. The third kappa shape index (κ3) is 4.23. The molecule has 0 aromatic heterocycles. The molecule has 0 saturated carbocycles. The Morgan fingerprint density at radius 3 is 2.35 bits per heavy atom. The SMILES string of the molecule is CC(=O)N1C[C@@H](NS(=O)(=O)c2ccccc2)CC[C@H]1C(F)(F)F. The number of sulfonamides is 1. The lowest BCUT2D eigenvalue weighted by atomic mass is 9.98. The van der Waals surface area contributed by atoms with Crippen LogP contribution in [0.15, 0.2) is 35.2 Å². The summed E-state index contributed by atoms with van der Waals surface area (Å²) in [6.45, 7) is 0.748. The average Bonchev–Trinajstić information content (AvgIpc) is 2.46. The fourth-order valence-electron chi connectivity index (χ4n) is 2.64. The Labute approximate surface area is 132 Å². The highest BCUT2D eigenvalue weighted by atomic mass is 32.2. The van der Waals surface area contributed by atoms with E-state index in [1.54, 1.807) is 18.2 Å². The number of amides is 1. The molecule has 128 valence electrons. The summed E-state index contributed by atoms with van der Waals surface area (Å²) in [6, 6.07) is 4.94. The van der Waals surface area contributed by atoms with Crippen LogP contribution in [0.2, 0.25) is 0 Å². The van der Waals surface area contributed by atoms with Crippen LogP contribution in [0.5, 0.6) is 0 Å². The monoisotopic (exact) mass is 350 g/mol. The number of hydrogen-bond donors (Lipinski definition) is 1. The molecular formula is C14H17F3N2O3S. The van der Waals surface area contributed by atoms with Gasteiger partial charge in [-0.05, 0) is 25.0 Å². The van der Waals surface area contributed by atoms with Gasteiger partial charge in [-0.25, -0.2) is 13.1 Å². The minimum absolute atomic E-state index is 0.0139. The molecule has 0 spiro atoms. The van der Waals surface area contributed by atoms with E-state index in [2.05, 4.69) is 4.72 Å². The maximum Gasteiger partial charge on any atom is 0.408 e. The molecule has 1 amide bonds. The van der Waals surface area contributed by atoms with Crippen molar-refractivity contribution in [1.82, 2.24) is 9.62 Å². The Balaban J connectivity index is 2.13. The molecule has 0 aliphatic carbocycles. The van der Waals surface area contributed by atoms with Gasteiger partial charge in [-0.15, -0.1) is 0 Å². The molecule has 2 rings (SSSR count). The van der Waals surface area contributed by atoms with Crippen LogP contribution in [0.1, 0.15) is 19.8 Å². The summed E-state index contributed by atoms with van der Waals surface area (Å²) in [5, 5.41) is 0. The van der Waals surface area contributed by atoms with Crippen molar-refractivity contribution in [2.75, 3.05) is 6.54 Å². The van der Waals surface area contributed by atoms with E-state index in [4.69, 9.17) is 0 Å². The minimum Gasteiger partial charge on any atom is -0.329 e. The smallest absolute Gasteiger partial charge is 0.329 e. The topological polar surface area (TPSA) is 66.5 Å². The molecule has 1 aromatic carbocycles. The molecule has 1 aromatic rings. The summed E-state index contributed by atoms with van der Waals surface area (Å²) < 4.78 is 65.7. The number of benzene rings is 1. The van der Waals surface area contributed by atoms with Crippen LogP contribution in [0.3, 0.4) is 0 Å². The summed E-state index contributed by atoms with van der Waals surface area (Å²) >= 11 is 0. The van der Waals surface area contributed by atoms with Crippen LogP contribution < -0.4 is 4.72 Å².